The van der Waals surface area contributed by atoms with Crippen molar-refractivity contribution in [2.45, 2.75) is 31.7 Å². The van der Waals surface area contributed by atoms with Gasteiger partial charge >= 0.3 is 11.9 Å². The van der Waals surface area contributed by atoms with Crippen molar-refractivity contribution < 1.29 is 24.5 Å². The first kappa shape index (κ1) is 22.2. The molecule has 1 aliphatic carbocycles. The molecule has 7 nitrogen and oxygen atoms in total. The number of methoxy groups -OCH3 is 1. The van der Waals surface area contributed by atoms with Gasteiger partial charge < -0.3 is 19.9 Å². The van der Waals surface area contributed by atoms with Gasteiger partial charge in [-0.05, 0) is 30.5 Å². The molecule has 0 saturated carbocycles. The fourth-order valence-electron chi connectivity index (χ4n) is 3.65. The fourth-order valence-corrected chi connectivity index (χ4v) is 3.65. The van der Waals surface area contributed by atoms with Gasteiger partial charge in [0.15, 0.2) is 0 Å². The minimum absolute atomic E-state index is 0.296. The molecule has 0 spiro atoms. The Hall–Kier alpha value is -3.06. The molecule has 1 aromatic heterocycles. The predicted molar refractivity (Wildman–Crippen MR) is 113 cm³/mol. The first-order chi connectivity index (χ1) is 13.9. The first-order valence-corrected chi connectivity index (χ1v) is 9.46. The summed E-state index contributed by atoms with van der Waals surface area (Å²) in [5.74, 6) is -1.16. The first-order valence-electron chi connectivity index (χ1n) is 9.46. The molecular formula is C22H28N2O5. The van der Waals surface area contributed by atoms with E-state index >= 15 is 0 Å². The zero-order chi connectivity index (χ0) is 21.4. The molecular weight excluding hydrogens is 372 g/mol. The third-order valence-corrected chi connectivity index (χ3v) is 4.90. The Balaban J connectivity index is 0.000000321. The number of hydrogen-bond acceptors (Lipinski definition) is 4. The maximum Gasteiger partial charge on any atom is 0.303 e. The Labute approximate surface area is 170 Å². The summed E-state index contributed by atoms with van der Waals surface area (Å²) in [4.78, 5) is 25.1. The number of carboxylic acids is 2. The van der Waals surface area contributed by atoms with E-state index in [1.165, 1.54) is 22.0 Å². The topological polar surface area (TPSA) is 103 Å². The third kappa shape index (κ3) is 5.71. The number of aromatic nitrogens is 1. The van der Waals surface area contributed by atoms with E-state index in [1.807, 2.05) is 12.2 Å². The molecule has 7 heteroatoms. The summed E-state index contributed by atoms with van der Waals surface area (Å²) in [6.45, 7) is 9.52. The number of H-pyrrole nitrogens is 1. The second kappa shape index (κ2) is 10.5. The number of nitrogens with one attached hydrogen (secondary N) is 1. The molecule has 29 heavy (non-hydrogen) atoms. The average molecular weight is 400 g/mol. The molecule has 3 rings (SSSR count). The molecule has 0 fully saturated rings. The summed E-state index contributed by atoms with van der Waals surface area (Å²) in [6.07, 6.45) is 7.54. The molecule has 1 heterocycles. The summed E-state index contributed by atoms with van der Waals surface area (Å²) >= 11 is 0. The molecule has 0 radical (unpaired) electrons. The lowest BCUT2D eigenvalue weighted by molar-refractivity contribution is -0.143. The third-order valence-electron chi connectivity index (χ3n) is 4.90. The van der Waals surface area contributed by atoms with Gasteiger partial charge in [-0.25, -0.2) is 0 Å². The van der Waals surface area contributed by atoms with Gasteiger partial charge in [-0.3, -0.25) is 14.5 Å². The lowest BCUT2D eigenvalue weighted by Crippen LogP contribution is -2.40. The second-order valence-corrected chi connectivity index (χ2v) is 6.86. The number of carboxylic acid groups (broad SMARTS) is 2. The normalized spacial score (nSPS) is 14.8. The quantitative estimate of drug-likeness (QED) is 0.559. The molecule has 1 unspecified atom stereocenters. The summed E-state index contributed by atoms with van der Waals surface area (Å²) in [7, 11) is 1.75. The Morgan fingerprint density at radius 3 is 2.31 bits per heavy atom. The monoisotopic (exact) mass is 400 g/mol. The lowest BCUT2D eigenvalue weighted by atomic mass is 9.87. The van der Waals surface area contributed by atoms with Gasteiger partial charge in [0.05, 0.1) is 20.0 Å². The van der Waals surface area contributed by atoms with Crippen molar-refractivity contribution in [2.24, 2.45) is 0 Å². The van der Waals surface area contributed by atoms with Gasteiger partial charge in [0, 0.05) is 41.8 Å². The van der Waals surface area contributed by atoms with E-state index < -0.39 is 11.9 Å². The number of hydrogen-bond donors (Lipinski definition) is 3. The minimum atomic E-state index is -1.08. The molecule has 1 aromatic carbocycles. The van der Waals surface area contributed by atoms with Gasteiger partial charge in [-0.2, -0.15) is 0 Å². The highest BCUT2D eigenvalue weighted by molar-refractivity contribution is 5.89. The van der Waals surface area contributed by atoms with Crippen molar-refractivity contribution in [1.29, 1.82) is 0 Å². The summed E-state index contributed by atoms with van der Waals surface area (Å²) in [5.41, 5.74) is 3.91. The summed E-state index contributed by atoms with van der Waals surface area (Å²) in [5, 5.41) is 17.1. The van der Waals surface area contributed by atoms with E-state index in [4.69, 9.17) is 14.9 Å². The molecule has 0 bridgehead atoms. The van der Waals surface area contributed by atoms with Crippen LogP contribution in [0, 0.1) is 0 Å². The molecule has 156 valence electrons. The Morgan fingerprint density at radius 2 is 1.79 bits per heavy atom. The number of ether oxygens (including phenoxy) is 1. The van der Waals surface area contributed by atoms with Crippen LogP contribution < -0.4 is 4.74 Å². The van der Waals surface area contributed by atoms with E-state index in [0.29, 0.717) is 6.04 Å². The standard InChI is InChI=1S/C18H22N2O.C4H6O4/c1-4-8-20(9-5-2)14-10-13-12-19-16-6-7-17(21-3)15(11-14)18(13)16;5-3(6)1-2-4(7)8/h4-7,12,14,19H,1-2,8-11H2,3H3;1-2H2,(H,5,6)(H,7,8). The van der Waals surface area contributed by atoms with Gasteiger partial charge in [0.2, 0.25) is 0 Å². The van der Waals surface area contributed by atoms with E-state index in [9.17, 15) is 9.59 Å². The van der Waals surface area contributed by atoms with Crippen LogP contribution in [0.5, 0.6) is 5.75 Å². The van der Waals surface area contributed by atoms with Crippen molar-refractivity contribution in [3.63, 3.8) is 0 Å². The van der Waals surface area contributed by atoms with Crippen molar-refractivity contribution in [2.75, 3.05) is 20.2 Å². The molecule has 1 aliphatic rings. The van der Waals surface area contributed by atoms with Crippen LogP contribution >= 0.6 is 0 Å². The number of carbonyl (C=O) groups is 2. The van der Waals surface area contributed by atoms with Crippen LogP contribution in [0.3, 0.4) is 0 Å². The Bertz CT molecular complexity index is 863. The van der Waals surface area contributed by atoms with Crippen LogP contribution in [-0.4, -0.2) is 58.3 Å². The fraction of sp³-hybridized carbons (Fsp3) is 0.364. The molecule has 0 aliphatic heterocycles. The van der Waals surface area contributed by atoms with Gasteiger partial charge in [-0.15, -0.1) is 13.2 Å². The SMILES string of the molecule is C=CCN(CC=C)C1Cc2c[nH]c3ccc(OC)c(c23)C1.O=C(O)CCC(=O)O. The Kier molecular flexibility index (Phi) is 8.03. The second-order valence-electron chi connectivity index (χ2n) is 6.86. The zero-order valence-electron chi connectivity index (χ0n) is 16.7. The zero-order valence-corrected chi connectivity index (χ0v) is 16.7. The van der Waals surface area contributed by atoms with Crippen LogP contribution in [0.25, 0.3) is 10.9 Å². The van der Waals surface area contributed by atoms with Crippen molar-refractivity contribution in [1.82, 2.24) is 9.88 Å². The van der Waals surface area contributed by atoms with E-state index in [2.05, 4.69) is 41.4 Å². The van der Waals surface area contributed by atoms with Gasteiger partial charge in [-0.1, -0.05) is 12.2 Å². The summed E-state index contributed by atoms with van der Waals surface area (Å²) < 4.78 is 5.58. The van der Waals surface area contributed by atoms with E-state index in [-0.39, 0.29) is 12.8 Å². The van der Waals surface area contributed by atoms with Crippen LogP contribution in [0.1, 0.15) is 24.0 Å². The molecule has 3 N–H and O–H groups in total. The van der Waals surface area contributed by atoms with Crippen LogP contribution in [0.2, 0.25) is 0 Å². The molecule has 2 aromatic rings. The Morgan fingerprint density at radius 1 is 1.17 bits per heavy atom. The van der Waals surface area contributed by atoms with Crippen molar-refractivity contribution >= 4 is 22.8 Å². The number of nitrogens with zero attached hydrogens (tertiary/aromatic N) is 1. The van der Waals surface area contributed by atoms with E-state index in [0.717, 1.165) is 31.7 Å². The molecule has 1 atom stereocenters. The molecule has 0 saturated heterocycles. The van der Waals surface area contributed by atoms with Gasteiger partial charge in [0.25, 0.3) is 0 Å². The highest BCUT2D eigenvalue weighted by atomic mass is 16.5. The maximum absolute atomic E-state index is 9.64. The lowest BCUT2D eigenvalue weighted by Gasteiger charge is -2.33. The van der Waals surface area contributed by atoms with Crippen LogP contribution in [0.4, 0.5) is 0 Å². The number of aromatic amines is 1. The van der Waals surface area contributed by atoms with Crippen LogP contribution in [-0.2, 0) is 22.4 Å². The van der Waals surface area contributed by atoms with Crippen molar-refractivity contribution in [3.8, 4) is 5.75 Å². The molecule has 0 amide bonds. The largest absolute Gasteiger partial charge is 0.496 e. The average Bonchev–Trinajstić information content (AvgIpc) is 3.11. The van der Waals surface area contributed by atoms with Crippen molar-refractivity contribution in [3.05, 3.63) is 54.8 Å². The summed E-state index contributed by atoms with van der Waals surface area (Å²) in [6, 6.07) is 4.63. The highest BCUT2D eigenvalue weighted by Crippen LogP contribution is 2.36. The number of aliphatic carboxylic acids is 2. The van der Waals surface area contributed by atoms with Gasteiger partial charge in [0.1, 0.15) is 5.75 Å². The predicted octanol–water partition coefficient (Wildman–Crippen LogP) is 3.25. The van der Waals surface area contributed by atoms with Crippen LogP contribution in [0.15, 0.2) is 43.6 Å². The maximum atomic E-state index is 9.64. The number of rotatable bonds is 9. The smallest absolute Gasteiger partial charge is 0.303 e. The minimum Gasteiger partial charge on any atom is -0.496 e. The highest BCUT2D eigenvalue weighted by Gasteiger charge is 2.27. The van der Waals surface area contributed by atoms with E-state index in [1.54, 1.807) is 7.11 Å². The number of benzene rings is 1.